The molecular weight excluding hydrogens is 743 g/mol. The van der Waals surface area contributed by atoms with E-state index in [9.17, 15) is 15.0 Å². The van der Waals surface area contributed by atoms with E-state index in [0.29, 0.717) is 49.1 Å². The second-order valence-electron chi connectivity index (χ2n) is 15.7. The second kappa shape index (κ2) is 19.5. The largest absolute Gasteiger partial charge is 0.490 e. The smallest absolute Gasteiger partial charge is 0.317 e. The standard InChI is InChI=1S/C45H59N3O10/c1-4-21-52-32-16-18-37-35(26-32)42-33(13-7-10-20-50)31(12-6-9-19-49)25-34-36(47-58-41-14-8-11-23-53-41)27-40(45(57-37,43(34)42)56-22-5-2)48(3)44(51)46-28-30-15-17-38-39(24-30)55-29-54-38/h4-5,15-18,24-26,31,33,40-43,49-50H,1-2,6-14,19-23,27-29H2,3H3,(H,46,51). The predicted octanol–water partition coefficient (Wildman–Crippen LogP) is 6.98. The number of carbonyl (C=O) groups excluding carboxylic acids is 1. The zero-order chi connectivity index (χ0) is 40.5. The van der Waals surface area contributed by atoms with Crippen LogP contribution in [0.2, 0.25) is 0 Å². The average molecular weight is 802 g/mol. The third kappa shape index (κ3) is 8.87. The summed E-state index contributed by atoms with van der Waals surface area (Å²) in [6.07, 6.45) is 13.0. The molecule has 1 saturated heterocycles. The molecule has 0 aromatic heterocycles. The monoisotopic (exact) mass is 801 g/mol. The van der Waals surface area contributed by atoms with Crippen LogP contribution >= 0.6 is 0 Å². The van der Waals surface area contributed by atoms with Crippen LogP contribution in [0, 0.1) is 17.8 Å². The number of nitrogens with one attached hydrogen (secondary N) is 1. The quantitative estimate of drug-likeness (QED) is 0.0772. The fourth-order valence-electron chi connectivity index (χ4n) is 9.38. The minimum atomic E-state index is -1.36. The number of allylic oxidation sites excluding steroid dienone is 1. The van der Waals surface area contributed by atoms with Crippen LogP contribution in [0.3, 0.4) is 0 Å². The fourth-order valence-corrected chi connectivity index (χ4v) is 9.38. The highest BCUT2D eigenvalue weighted by molar-refractivity contribution is 6.03. The fraction of sp³-hybridized carbons (Fsp3) is 0.556. The van der Waals surface area contributed by atoms with Gasteiger partial charge in [-0.3, -0.25) is 0 Å². The normalized spacial score (nSPS) is 27.4. The number of carbonyl (C=O) groups is 1. The Hall–Kier alpha value is -4.56. The Balaban J connectivity index is 1.34. The number of unbranched alkanes of at least 4 members (excludes halogenated alkanes) is 2. The van der Waals surface area contributed by atoms with Crippen LogP contribution < -0.4 is 24.3 Å². The molecule has 1 saturated carbocycles. The van der Waals surface area contributed by atoms with Crippen molar-refractivity contribution in [3.8, 4) is 23.0 Å². The summed E-state index contributed by atoms with van der Waals surface area (Å²) in [7, 11) is 1.77. The molecule has 2 fully saturated rings. The van der Waals surface area contributed by atoms with Crippen molar-refractivity contribution in [1.29, 1.82) is 0 Å². The molecule has 7 atom stereocenters. The number of hydrogen-bond donors (Lipinski definition) is 3. The number of amides is 2. The maximum Gasteiger partial charge on any atom is 0.317 e. The number of nitrogens with zero attached hydrogens (tertiary/aromatic N) is 2. The van der Waals surface area contributed by atoms with Gasteiger partial charge < -0.3 is 53.7 Å². The van der Waals surface area contributed by atoms with Gasteiger partial charge in [0.1, 0.15) is 24.1 Å². The Kier molecular flexibility index (Phi) is 14.0. The lowest BCUT2D eigenvalue weighted by Gasteiger charge is -2.59. The first-order valence-electron chi connectivity index (χ1n) is 20.9. The Bertz CT molecular complexity index is 1810. The van der Waals surface area contributed by atoms with Gasteiger partial charge in [-0.25, -0.2) is 4.79 Å². The number of benzene rings is 2. The third-order valence-corrected chi connectivity index (χ3v) is 12.1. The minimum Gasteiger partial charge on any atom is -0.490 e. The summed E-state index contributed by atoms with van der Waals surface area (Å²) in [5.74, 6) is 0.917. The van der Waals surface area contributed by atoms with Crippen LogP contribution in [0.1, 0.15) is 81.3 Å². The summed E-state index contributed by atoms with van der Waals surface area (Å²) in [6.45, 7) is 9.63. The Labute approximate surface area is 341 Å². The molecule has 2 aromatic rings. The molecule has 2 amide bonds. The number of aliphatic hydroxyl groups is 2. The number of oxime groups is 1. The molecule has 0 radical (unpaired) electrons. The lowest BCUT2D eigenvalue weighted by molar-refractivity contribution is -0.252. The van der Waals surface area contributed by atoms with Gasteiger partial charge in [-0.2, -0.15) is 0 Å². The molecule has 0 bridgehead atoms. The number of ether oxygens (including phenoxy) is 6. The van der Waals surface area contributed by atoms with Gasteiger partial charge >= 0.3 is 6.03 Å². The summed E-state index contributed by atoms with van der Waals surface area (Å²) in [5, 5.41) is 27.7. The van der Waals surface area contributed by atoms with Crippen molar-refractivity contribution >= 4 is 11.7 Å². The van der Waals surface area contributed by atoms with Crippen molar-refractivity contribution in [3.05, 3.63) is 84.5 Å². The van der Waals surface area contributed by atoms with Crippen molar-refractivity contribution in [2.75, 3.05) is 46.9 Å². The molecule has 13 nitrogen and oxygen atoms in total. The van der Waals surface area contributed by atoms with E-state index in [2.05, 4.69) is 30.6 Å². The first kappa shape index (κ1) is 41.6. The molecule has 3 heterocycles. The lowest BCUT2D eigenvalue weighted by atomic mass is 9.55. The Morgan fingerprint density at radius 1 is 1.00 bits per heavy atom. The molecule has 2 aromatic carbocycles. The molecule has 2 aliphatic carbocycles. The summed E-state index contributed by atoms with van der Waals surface area (Å²) < 4.78 is 37.3. The Morgan fingerprint density at radius 3 is 2.57 bits per heavy atom. The van der Waals surface area contributed by atoms with Gasteiger partial charge in [-0.15, -0.1) is 6.58 Å². The molecule has 5 aliphatic rings. The molecule has 7 rings (SSSR count). The molecule has 58 heavy (non-hydrogen) atoms. The highest BCUT2D eigenvalue weighted by Gasteiger charge is 2.65. The first-order valence-corrected chi connectivity index (χ1v) is 20.9. The molecule has 3 N–H and O–H groups in total. The highest BCUT2D eigenvalue weighted by atomic mass is 16.8. The summed E-state index contributed by atoms with van der Waals surface area (Å²) >= 11 is 0. The molecule has 0 spiro atoms. The van der Waals surface area contributed by atoms with Gasteiger partial charge in [0.25, 0.3) is 0 Å². The van der Waals surface area contributed by atoms with Crippen molar-refractivity contribution in [2.24, 2.45) is 22.9 Å². The second-order valence-corrected chi connectivity index (χ2v) is 15.7. The zero-order valence-corrected chi connectivity index (χ0v) is 33.7. The summed E-state index contributed by atoms with van der Waals surface area (Å²) in [6, 6.07) is 10.6. The summed E-state index contributed by atoms with van der Waals surface area (Å²) in [5.41, 5.74) is 3.53. The van der Waals surface area contributed by atoms with E-state index in [1.165, 1.54) is 0 Å². The highest BCUT2D eigenvalue weighted by Crippen LogP contribution is 2.61. The van der Waals surface area contributed by atoms with E-state index in [-0.39, 0.29) is 63.4 Å². The number of urea groups is 1. The van der Waals surface area contributed by atoms with Crippen LogP contribution in [-0.2, 0) is 20.9 Å². The van der Waals surface area contributed by atoms with Gasteiger partial charge in [-0.05, 0) is 91.8 Å². The predicted molar refractivity (Wildman–Crippen MR) is 218 cm³/mol. The van der Waals surface area contributed by atoms with Gasteiger partial charge in [0.2, 0.25) is 18.9 Å². The van der Waals surface area contributed by atoms with Crippen LogP contribution in [-0.4, -0.2) is 91.8 Å². The number of likely N-dealkylation sites (N-methyl/N-ethyl adjacent to an activating group) is 1. The molecule has 13 heteroatoms. The molecule has 3 aliphatic heterocycles. The first-order chi connectivity index (χ1) is 28.4. The van der Waals surface area contributed by atoms with Crippen LogP contribution in [0.5, 0.6) is 23.0 Å². The van der Waals surface area contributed by atoms with Crippen LogP contribution in [0.4, 0.5) is 4.79 Å². The van der Waals surface area contributed by atoms with E-state index in [1.54, 1.807) is 24.1 Å². The SMILES string of the molecule is C=CCOc1ccc2c(c1)C1C(CCCCO)C(CCCCO)C=C3C(=NOC4CCCCO4)CC(N(C)C(=O)NCc4ccc5c(c4)OCO5)C(OCC=C)(O2)C31. The number of aliphatic hydroxyl groups excluding tert-OH is 2. The van der Waals surface area contributed by atoms with Crippen LogP contribution in [0.25, 0.3) is 0 Å². The number of hydrogen-bond acceptors (Lipinski definition) is 11. The maximum absolute atomic E-state index is 14.4. The van der Waals surface area contributed by atoms with Gasteiger partial charge in [0, 0.05) is 51.1 Å². The van der Waals surface area contributed by atoms with E-state index < -0.39 is 24.0 Å². The van der Waals surface area contributed by atoms with Gasteiger partial charge in [0.15, 0.2) is 11.5 Å². The van der Waals surface area contributed by atoms with Crippen molar-refractivity contribution in [3.63, 3.8) is 0 Å². The average Bonchev–Trinajstić information content (AvgIpc) is 3.73. The molecule has 7 unspecified atom stereocenters. The van der Waals surface area contributed by atoms with E-state index in [1.807, 2.05) is 30.3 Å². The van der Waals surface area contributed by atoms with Crippen molar-refractivity contribution in [2.45, 2.75) is 94.8 Å². The summed E-state index contributed by atoms with van der Waals surface area (Å²) in [4.78, 5) is 22.3. The zero-order valence-electron chi connectivity index (χ0n) is 33.7. The van der Waals surface area contributed by atoms with Crippen molar-refractivity contribution in [1.82, 2.24) is 10.2 Å². The molecule has 314 valence electrons. The van der Waals surface area contributed by atoms with E-state index in [4.69, 9.17) is 38.4 Å². The number of fused-ring (bicyclic) bond motifs is 3. The number of rotatable bonds is 19. The van der Waals surface area contributed by atoms with E-state index >= 15 is 0 Å². The van der Waals surface area contributed by atoms with Crippen LogP contribution in [0.15, 0.2) is 78.5 Å². The third-order valence-electron chi connectivity index (χ3n) is 12.1. The van der Waals surface area contributed by atoms with Gasteiger partial charge in [-0.1, -0.05) is 48.9 Å². The molecular formula is C45H59N3O10. The maximum atomic E-state index is 14.4. The topological polar surface area (TPSA) is 150 Å². The Morgan fingerprint density at radius 2 is 1.79 bits per heavy atom. The van der Waals surface area contributed by atoms with E-state index in [0.717, 1.165) is 67.4 Å². The van der Waals surface area contributed by atoms with Gasteiger partial charge in [0.05, 0.1) is 24.8 Å². The minimum absolute atomic E-state index is 0.0933. The van der Waals surface area contributed by atoms with Crippen molar-refractivity contribution < 1.29 is 48.3 Å². The lowest BCUT2D eigenvalue weighted by Crippen LogP contribution is -2.70.